The fraction of sp³-hybridized carbons (Fsp3) is 0.979. The molecule has 0 bridgehead atoms. The molecule has 7 fully saturated rings. The highest BCUT2D eigenvalue weighted by molar-refractivity contribution is 7.80. The van der Waals surface area contributed by atoms with Gasteiger partial charge in [-0.05, 0) is 12.2 Å². The summed E-state index contributed by atoms with van der Waals surface area (Å²) in [7, 11) is 0. The molecule has 7 aliphatic rings. The third-order valence-corrected chi connectivity index (χ3v) is 15.8. The van der Waals surface area contributed by atoms with Gasteiger partial charge in [-0.1, -0.05) is 0 Å². The van der Waals surface area contributed by atoms with Gasteiger partial charge in [0, 0.05) is 6.92 Å². The molecule has 1 amide bonds. The van der Waals surface area contributed by atoms with E-state index in [0.29, 0.717) is 0 Å². The predicted molar refractivity (Wildman–Crippen MR) is 266 cm³/mol. The van der Waals surface area contributed by atoms with Crippen molar-refractivity contribution in [3.05, 3.63) is 0 Å². The first-order valence-electron chi connectivity index (χ1n) is 27.2. The molecule has 14 unspecified atom stereocenters. The number of rotatable bonds is 24. The number of aliphatic hydroxyl groups excluding tert-OH is 21. The summed E-state index contributed by atoms with van der Waals surface area (Å²) in [6.07, 6.45) is -66.1. The van der Waals surface area contributed by atoms with Gasteiger partial charge in [-0.3, -0.25) is 4.79 Å². The van der Waals surface area contributed by atoms with Crippen LogP contribution in [0.5, 0.6) is 0 Å². The molecule has 85 heavy (non-hydrogen) atoms. The maximum Gasteiger partial charge on any atom is 0.217 e. The van der Waals surface area contributed by atoms with Crippen LogP contribution >= 0.6 is 12.6 Å². The van der Waals surface area contributed by atoms with Crippen LogP contribution in [0.25, 0.3) is 0 Å². The molecule has 0 aliphatic carbocycles. The Morgan fingerprint density at radius 1 is 0.353 bits per heavy atom. The van der Waals surface area contributed by atoms with Gasteiger partial charge in [0.1, 0.15) is 171 Å². The van der Waals surface area contributed by atoms with Crippen molar-refractivity contribution in [2.45, 2.75) is 228 Å². The summed E-state index contributed by atoms with van der Waals surface area (Å²) in [5, 5.41) is 229. The van der Waals surface area contributed by atoms with E-state index in [2.05, 4.69) is 17.9 Å². The first kappa shape index (κ1) is 70.9. The van der Waals surface area contributed by atoms with Gasteiger partial charge in [-0.15, -0.1) is 0 Å². The molecule has 38 heteroatoms. The van der Waals surface area contributed by atoms with Crippen molar-refractivity contribution in [3.63, 3.8) is 0 Å². The molecule has 0 saturated carbocycles. The Kier molecular flexibility index (Phi) is 26.4. The number of thiol groups is 1. The smallest absolute Gasteiger partial charge is 0.217 e. The monoisotopic (exact) mass is 1270 g/mol. The molecule has 0 aromatic heterocycles. The van der Waals surface area contributed by atoms with E-state index in [1.165, 1.54) is 0 Å². The first-order chi connectivity index (χ1) is 40.4. The zero-order valence-corrected chi connectivity index (χ0v) is 46.1. The van der Waals surface area contributed by atoms with Crippen LogP contribution in [0, 0.1) is 0 Å². The highest BCUT2D eigenvalue weighted by Gasteiger charge is 2.59. The largest absolute Gasteiger partial charge is 0.394 e. The van der Waals surface area contributed by atoms with E-state index in [-0.39, 0.29) is 18.8 Å². The van der Waals surface area contributed by atoms with Crippen LogP contribution < -0.4 is 5.32 Å². The van der Waals surface area contributed by atoms with Gasteiger partial charge in [0.05, 0.1) is 52.9 Å². The van der Waals surface area contributed by atoms with Gasteiger partial charge in [0.2, 0.25) is 5.91 Å². The Morgan fingerprint density at radius 3 is 1.16 bits per heavy atom. The summed E-state index contributed by atoms with van der Waals surface area (Å²) >= 11 is 4.17. The summed E-state index contributed by atoms with van der Waals surface area (Å²) in [5.74, 6) is -0.659. The van der Waals surface area contributed by atoms with Crippen molar-refractivity contribution in [2.24, 2.45) is 0 Å². The standard InChI is InChI=1S/C47H81NO36S/c1-12(55)48-20-25(60)36(80-46-34(69)30(65)37(18(10-54)78-46)81-44-32(67)27(62)22(57)14(6-50)74-44)17(9-53)77-41(20)84-40-29(64)24(59)16(8-52)76-47(40)82-38-19(11-72-42-31(66)26(61)21(56)13(5-49)73-42)79-43(71-3-2-4-85)35(70)39(38)83-45-33(68)28(63)23(58)15(7-51)75-45/h13-47,49-54,56-70,85H,2-11H2,1H3,(H,48,55)/t13?,14?,15?,16?,17?,18?,19?,20?,21-,22+,23-,24-,25-,26+,27+,28+,29+,30-,31?,32?,33?,34?,35?,36-,37+,38-,39-,40?,41-,42-,43+,44-,45+,46+,47+/m1/s1. The zero-order chi connectivity index (χ0) is 62.5. The van der Waals surface area contributed by atoms with E-state index >= 15 is 0 Å². The second-order valence-corrected chi connectivity index (χ2v) is 21.7. The molecule has 7 saturated heterocycles. The van der Waals surface area contributed by atoms with Gasteiger partial charge in [0.15, 0.2) is 44.0 Å². The average molecular weight is 1270 g/mol. The minimum absolute atomic E-state index is 0.166. The topological polar surface area (TPSA) is 583 Å². The second kappa shape index (κ2) is 31.6. The summed E-state index contributed by atoms with van der Waals surface area (Å²) in [5.41, 5.74) is 0. The Balaban J connectivity index is 1.19. The van der Waals surface area contributed by atoms with Gasteiger partial charge in [-0.25, -0.2) is 0 Å². The molecule has 7 aliphatic heterocycles. The van der Waals surface area contributed by atoms with Crippen LogP contribution in [-0.4, -0.2) is 387 Å². The Hall–Kier alpha value is -1.58. The number of ether oxygens (including phenoxy) is 14. The van der Waals surface area contributed by atoms with Gasteiger partial charge >= 0.3 is 0 Å². The number of carbonyl (C=O) groups is 1. The predicted octanol–water partition coefficient (Wildman–Crippen LogP) is -14.8. The number of hydrogen-bond donors (Lipinski definition) is 23. The molecular formula is C47H81NO36S. The van der Waals surface area contributed by atoms with Crippen molar-refractivity contribution >= 4 is 18.5 Å². The maximum absolute atomic E-state index is 12.9. The Labute approximate surface area is 488 Å². The number of nitrogens with one attached hydrogen (secondary N) is 1. The van der Waals surface area contributed by atoms with Crippen LogP contribution in [0.2, 0.25) is 0 Å². The number of hydrogen-bond acceptors (Lipinski definition) is 37. The van der Waals surface area contributed by atoms with E-state index in [4.69, 9.17) is 66.3 Å². The van der Waals surface area contributed by atoms with Crippen LogP contribution in [-0.2, 0) is 71.1 Å². The maximum atomic E-state index is 12.9. The molecule has 22 N–H and O–H groups in total. The fourth-order valence-corrected chi connectivity index (χ4v) is 10.8. The van der Waals surface area contributed by atoms with E-state index in [1.807, 2.05) is 0 Å². The molecule has 0 radical (unpaired) electrons. The average Bonchev–Trinajstić information content (AvgIpc) is 1.56. The Bertz CT molecular complexity index is 2010. The van der Waals surface area contributed by atoms with Crippen molar-refractivity contribution in [2.75, 3.05) is 58.6 Å². The van der Waals surface area contributed by atoms with Crippen LogP contribution in [0.3, 0.4) is 0 Å². The van der Waals surface area contributed by atoms with E-state index in [1.54, 1.807) is 0 Å². The van der Waals surface area contributed by atoms with Crippen molar-refractivity contribution in [1.29, 1.82) is 0 Å². The molecule has 37 nitrogen and oxygen atoms in total. The lowest BCUT2D eigenvalue weighted by Crippen LogP contribution is -2.70. The molecule has 0 aromatic carbocycles. The highest BCUT2D eigenvalue weighted by Crippen LogP contribution is 2.38. The molecule has 7 rings (SSSR count). The SMILES string of the molecule is CC(=O)NC1[C@@H](OC2[C@H](O[C@@H]3C(CO[C@@H]4OC(CO)[C@@H](O)[C@H](O)C4O)O[C@H](OCCCS)C(O)[C@H]3O[C@@H]3OC(CO)[C@@H](O)[C@H](O)C3O)OC(CO)[C@@H](O)[C@@H]2O)OC(CO)[C@@H](O[C@@H]2OC(CO)[C@H](O[C@H]3OC(CO)[C@H](O)[C@H](O)C3O)[C@H](O)C2O)[C@@H]1O. The Morgan fingerprint density at radius 2 is 0.694 bits per heavy atom. The number of amides is 1. The summed E-state index contributed by atoms with van der Waals surface area (Å²) in [4.78, 5) is 12.9. The minimum atomic E-state index is -2.27. The summed E-state index contributed by atoms with van der Waals surface area (Å²) in [6.45, 7) is -6.01. The molecule has 0 aromatic rings. The van der Waals surface area contributed by atoms with E-state index in [9.17, 15) is 112 Å². The molecule has 0 spiro atoms. The quantitative estimate of drug-likeness (QED) is 0.0315. The van der Waals surface area contributed by atoms with Crippen molar-refractivity contribution in [3.8, 4) is 0 Å². The molecule has 7 heterocycles. The van der Waals surface area contributed by atoms with Crippen LogP contribution in [0.1, 0.15) is 13.3 Å². The second-order valence-electron chi connectivity index (χ2n) is 21.3. The number of carbonyl (C=O) groups excluding carboxylic acids is 1. The summed E-state index contributed by atoms with van der Waals surface area (Å²) < 4.78 is 82.1. The van der Waals surface area contributed by atoms with Gasteiger partial charge in [-0.2, -0.15) is 12.6 Å². The fourth-order valence-electron chi connectivity index (χ4n) is 10.7. The minimum Gasteiger partial charge on any atom is -0.394 e. The molecular weight excluding hydrogens is 1190 g/mol. The normalized spacial score (nSPS) is 50.0. The number of aliphatic hydroxyl groups is 21. The lowest BCUT2D eigenvalue weighted by Gasteiger charge is -2.51. The van der Waals surface area contributed by atoms with Crippen LogP contribution in [0.4, 0.5) is 0 Å². The summed E-state index contributed by atoms with van der Waals surface area (Å²) in [6, 6.07) is -1.90. The van der Waals surface area contributed by atoms with Crippen molar-refractivity contribution < 1.29 is 178 Å². The lowest BCUT2D eigenvalue weighted by atomic mass is 9.94. The van der Waals surface area contributed by atoms with E-state index < -0.39 is 267 Å². The first-order valence-corrected chi connectivity index (χ1v) is 27.9. The van der Waals surface area contributed by atoms with Gasteiger partial charge < -0.3 is 179 Å². The highest BCUT2D eigenvalue weighted by atomic mass is 32.1. The lowest BCUT2D eigenvalue weighted by molar-refractivity contribution is -0.404. The van der Waals surface area contributed by atoms with Gasteiger partial charge in [0.25, 0.3) is 0 Å². The van der Waals surface area contributed by atoms with E-state index in [0.717, 1.165) is 6.92 Å². The van der Waals surface area contributed by atoms with Crippen molar-refractivity contribution in [1.82, 2.24) is 5.32 Å². The third kappa shape index (κ3) is 15.7. The zero-order valence-electron chi connectivity index (χ0n) is 45.2. The molecule has 496 valence electrons. The van der Waals surface area contributed by atoms with Crippen LogP contribution in [0.15, 0.2) is 0 Å². The third-order valence-electron chi connectivity index (χ3n) is 15.5. The molecule has 35 atom stereocenters.